The largest absolute Gasteiger partial charge is 0.324 e. The Balaban J connectivity index is 2.09. The van der Waals surface area contributed by atoms with Gasteiger partial charge < -0.3 is 9.88 Å². The maximum atomic E-state index is 13.0. The fourth-order valence-electron chi connectivity index (χ4n) is 1.68. The molecular formula is C14H13FN2O2S. The summed E-state index contributed by atoms with van der Waals surface area (Å²) < 4.78 is 14.1. The topological polar surface area (TPSA) is 51.1 Å². The van der Waals surface area contributed by atoms with E-state index in [0.717, 1.165) is 27.8 Å². The highest BCUT2D eigenvalue weighted by Gasteiger charge is 2.06. The molecule has 1 N–H and O–H groups in total. The first-order chi connectivity index (χ1) is 9.58. The lowest BCUT2D eigenvalue weighted by molar-refractivity contribution is -0.116. The zero-order chi connectivity index (χ0) is 14.5. The smallest absolute Gasteiger partial charge is 0.251 e. The van der Waals surface area contributed by atoms with Crippen LogP contribution in [-0.2, 0) is 11.3 Å². The van der Waals surface area contributed by atoms with Crippen LogP contribution in [0.4, 0.5) is 10.1 Å². The third kappa shape index (κ3) is 3.71. The molecule has 0 fully saturated rings. The Bertz CT molecular complexity index is 685. The van der Waals surface area contributed by atoms with Crippen LogP contribution in [-0.4, -0.2) is 16.7 Å². The van der Waals surface area contributed by atoms with Crippen molar-refractivity contribution in [3.63, 3.8) is 0 Å². The van der Waals surface area contributed by atoms with Crippen molar-refractivity contribution < 1.29 is 9.18 Å². The second-order valence-corrected chi connectivity index (χ2v) is 4.97. The Morgan fingerprint density at radius 2 is 2.15 bits per heavy atom. The molecule has 20 heavy (non-hydrogen) atoms. The van der Waals surface area contributed by atoms with Gasteiger partial charge in [-0.1, -0.05) is 6.07 Å². The van der Waals surface area contributed by atoms with E-state index in [1.165, 1.54) is 0 Å². The number of anilines is 1. The van der Waals surface area contributed by atoms with E-state index in [0.29, 0.717) is 5.69 Å². The molecule has 0 radical (unpaired) electrons. The first kappa shape index (κ1) is 14.3. The van der Waals surface area contributed by atoms with Crippen molar-refractivity contribution in [3.8, 4) is 0 Å². The summed E-state index contributed by atoms with van der Waals surface area (Å²) in [4.78, 5) is 24.3. The van der Waals surface area contributed by atoms with Crippen molar-refractivity contribution in [3.05, 3.63) is 58.8 Å². The van der Waals surface area contributed by atoms with Crippen molar-refractivity contribution >= 4 is 23.4 Å². The molecule has 0 saturated carbocycles. The van der Waals surface area contributed by atoms with Gasteiger partial charge in [-0.3, -0.25) is 9.59 Å². The van der Waals surface area contributed by atoms with Gasteiger partial charge in [-0.15, -0.1) is 11.8 Å². The SMILES string of the molecule is CSc1cccc(NC(=O)Cn2cc(F)ccc2=O)c1. The summed E-state index contributed by atoms with van der Waals surface area (Å²) in [7, 11) is 0. The molecule has 0 aliphatic carbocycles. The van der Waals surface area contributed by atoms with Crippen LogP contribution in [0.3, 0.4) is 0 Å². The highest BCUT2D eigenvalue weighted by molar-refractivity contribution is 7.98. The lowest BCUT2D eigenvalue weighted by Gasteiger charge is -2.08. The maximum absolute atomic E-state index is 13.0. The van der Waals surface area contributed by atoms with E-state index in [-0.39, 0.29) is 12.5 Å². The Kier molecular flexibility index (Phi) is 4.57. The van der Waals surface area contributed by atoms with Crippen LogP contribution < -0.4 is 10.9 Å². The Morgan fingerprint density at radius 1 is 1.35 bits per heavy atom. The van der Waals surface area contributed by atoms with E-state index >= 15 is 0 Å². The zero-order valence-electron chi connectivity index (χ0n) is 10.8. The van der Waals surface area contributed by atoms with Crippen LogP contribution in [0, 0.1) is 5.82 Å². The van der Waals surface area contributed by atoms with Crippen molar-refractivity contribution in [1.82, 2.24) is 4.57 Å². The van der Waals surface area contributed by atoms with Crippen LogP contribution in [0.1, 0.15) is 0 Å². The number of hydrogen-bond donors (Lipinski definition) is 1. The number of nitrogens with one attached hydrogen (secondary N) is 1. The number of thioether (sulfide) groups is 1. The van der Waals surface area contributed by atoms with Gasteiger partial charge >= 0.3 is 0 Å². The van der Waals surface area contributed by atoms with E-state index in [1.54, 1.807) is 17.8 Å². The number of carbonyl (C=O) groups excluding carboxylic acids is 1. The Labute approximate surface area is 119 Å². The van der Waals surface area contributed by atoms with E-state index in [2.05, 4.69) is 5.32 Å². The summed E-state index contributed by atoms with van der Waals surface area (Å²) in [6.07, 6.45) is 2.95. The monoisotopic (exact) mass is 292 g/mol. The minimum atomic E-state index is -0.554. The number of benzene rings is 1. The average Bonchev–Trinajstić information content (AvgIpc) is 2.43. The van der Waals surface area contributed by atoms with Gasteiger partial charge in [0.05, 0.1) is 0 Å². The molecule has 0 spiro atoms. The summed E-state index contributed by atoms with van der Waals surface area (Å²) in [5, 5.41) is 2.68. The molecule has 1 heterocycles. The first-order valence-electron chi connectivity index (χ1n) is 5.88. The summed E-state index contributed by atoms with van der Waals surface area (Å²) in [6, 6.07) is 9.51. The molecule has 0 aliphatic heterocycles. The molecule has 0 atom stereocenters. The highest BCUT2D eigenvalue weighted by Crippen LogP contribution is 2.18. The molecule has 1 amide bonds. The number of pyridine rings is 1. The van der Waals surface area contributed by atoms with Gasteiger partial charge in [0.1, 0.15) is 12.4 Å². The molecule has 2 rings (SSSR count). The molecule has 104 valence electrons. The number of hydrogen-bond acceptors (Lipinski definition) is 3. The third-order valence-electron chi connectivity index (χ3n) is 2.61. The number of halogens is 1. The second-order valence-electron chi connectivity index (χ2n) is 4.09. The third-order valence-corrected chi connectivity index (χ3v) is 3.34. The molecule has 2 aromatic rings. The Morgan fingerprint density at radius 3 is 2.90 bits per heavy atom. The molecule has 0 unspecified atom stereocenters. The molecule has 0 saturated heterocycles. The lowest BCUT2D eigenvalue weighted by Crippen LogP contribution is -2.27. The van der Waals surface area contributed by atoms with Gasteiger partial charge in [-0.05, 0) is 30.5 Å². The standard InChI is InChI=1S/C14H13FN2O2S/c1-20-12-4-2-3-11(7-12)16-13(18)9-17-8-10(15)5-6-14(17)19/h2-8H,9H2,1H3,(H,16,18). The lowest BCUT2D eigenvalue weighted by atomic mass is 10.3. The van der Waals surface area contributed by atoms with Crippen LogP contribution in [0.2, 0.25) is 0 Å². The molecule has 4 nitrogen and oxygen atoms in total. The van der Waals surface area contributed by atoms with Crippen LogP contribution in [0.25, 0.3) is 0 Å². The van der Waals surface area contributed by atoms with Gasteiger partial charge in [-0.25, -0.2) is 4.39 Å². The Hall–Kier alpha value is -2.08. The molecule has 0 aliphatic rings. The molecule has 1 aromatic carbocycles. The van der Waals surface area contributed by atoms with E-state index < -0.39 is 11.4 Å². The van der Waals surface area contributed by atoms with Gasteiger partial charge in [0.15, 0.2) is 0 Å². The van der Waals surface area contributed by atoms with Crippen LogP contribution in [0.15, 0.2) is 52.3 Å². The predicted octanol–water partition coefficient (Wildman–Crippen LogP) is 2.35. The summed E-state index contributed by atoms with van der Waals surface area (Å²) in [5.41, 5.74) is 0.228. The fourth-order valence-corrected chi connectivity index (χ4v) is 2.14. The van der Waals surface area contributed by atoms with Crippen molar-refractivity contribution in [2.75, 3.05) is 11.6 Å². The van der Waals surface area contributed by atoms with E-state index in [1.807, 2.05) is 24.5 Å². The van der Waals surface area contributed by atoms with E-state index in [4.69, 9.17) is 0 Å². The summed E-state index contributed by atoms with van der Waals surface area (Å²) in [6.45, 7) is -0.222. The van der Waals surface area contributed by atoms with Crippen molar-refractivity contribution in [2.45, 2.75) is 11.4 Å². The highest BCUT2D eigenvalue weighted by atomic mass is 32.2. The fraction of sp³-hybridized carbons (Fsp3) is 0.143. The van der Waals surface area contributed by atoms with Gasteiger partial charge in [0, 0.05) is 22.8 Å². The maximum Gasteiger partial charge on any atom is 0.251 e. The molecule has 1 aromatic heterocycles. The normalized spacial score (nSPS) is 10.3. The summed E-state index contributed by atoms with van der Waals surface area (Å²) >= 11 is 1.56. The predicted molar refractivity (Wildman–Crippen MR) is 77.5 cm³/mol. The number of aromatic nitrogens is 1. The van der Waals surface area contributed by atoms with E-state index in [9.17, 15) is 14.0 Å². The van der Waals surface area contributed by atoms with Crippen LogP contribution in [0.5, 0.6) is 0 Å². The number of rotatable bonds is 4. The second kappa shape index (κ2) is 6.38. The minimum absolute atomic E-state index is 0.222. The average molecular weight is 292 g/mol. The molecular weight excluding hydrogens is 279 g/mol. The van der Waals surface area contributed by atoms with Crippen molar-refractivity contribution in [1.29, 1.82) is 0 Å². The minimum Gasteiger partial charge on any atom is -0.324 e. The van der Waals surface area contributed by atoms with Gasteiger partial charge in [0.25, 0.3) is 5.56 Å². The first-order valence-corrected chi connectivity index (χ1v) is 7.11. The number of amides is 1. The molecule has 6 heteroatoms. The van der Waals surface area contributed by atoms with Gasteiger partial charge in [-0.2, -0.15) is 0 Å². The zero-order valence-corrected chi connectivity index (χ0v) is 11.6. The molecule has 0 bridgehead atoms. The number of carbonyl (C=O) groups is 1. The van der Waals surface area contributed by atoms with Crippen LogP contribution >= 0.6 is 11.8 Å². The number of nitrogens with zero attached hydrogens (tertiary/aromatic N) is 1. The van der Waals surface area contributed by atoms with Crippen molar-refractivity contribution in [2.24, 2.45) is 0 Å². The quantitative estimate of drug-likeness (QED) is 0.880. The van der Waals surface area contributed by atoms with Gasteiger partial charge in [0.2, 0.25) is 5.91 Å². The summed E-state index contributed by atoms with van der Waals surface area (Å²) in [5.74, 6) is -0.933.